The van der Waals surface area contributed by atoms with Crippen LogP contribution in [0.3, 0.4) is 0 Å². The van der Waals surface area contributed by atoms with Crippen molar-refractivity contribution in [3.05, 3.63) is 0 Å². The minimum atomic E-state index is -1.39. The first-order chi connectivity index (χ1) is 4.52. The average molecular weight is 202 g/mol. The summed E-state index contributed by atoms with van der Waals surface area (Å²) in [6, 6.07) is 0. The van der Waals surface area contributed by atoms with Gasteiger partial charge in [0, 0.05) is 0 Å². The Hall–Kier alpha value is 0.140. The Morgan fingerprint density at radius 3 is 2.40 bits per heavy atom. The maximum atomic E-state index is 5.57. The number of hydrogen-bond acceptors (Lipinski definition) is 3. The molecule has 0 fully saturated rings. The van der Waals surface area contributed by atoms with Crippen molar-refractivity contribution in [1.82, 2.24) is 10.3 Å². The smallest absolute Gasteiger partial charge is 0.270 e. The van der Waals surface area contributed by atoms with Gasteiger partial charge in [-0.2, -0.15) is 5.10 Å². The summed E-state index contributed by atoms with van der Waals surface area (Å²) in [5.74, 6) is 0.681. The quantitative estimate of drug-likeness (QED) is 0.476. The maximum Gasteiger partial charge on any atom is 0.270 e. The van der Waals surface area contributed by atoms with Crippen molar-refractivity contribution in [2.24, 2.45) is 5.10 Å². The van der Waals surface area contributed by atoms with Gasteiger partial charge in [0.1, 0.15) is 12.5 Å². The number of rotatable bonds is 0. The maximum absolute atomic E-state index is 5.57. The van der Waals surface area contributed by atoms with Crippen LogP contribution in [0.25, 0.3) is 0 Å². The summed E-state index contributed by atoms with van der Waals surface area (Å²) in [5, 5.41) is 3.82. The van der Waals surface area contributed by atoms with Crippen LogP contribution in [-0.4, -0.2) is 21.3 Å². The van der Waals surface area contributed by atoms with Crippen molar-refractivity contribution in [1.29, 1.82) is 0 Å². The van der Waals surface area contributed by atoms with Crippen LogP contribution in [0.2, 0.25) is 0 Å². The third kappa shape index (κ3) is 1.59. The topological polar surface area (TPSA) is 27.6 Å². The molecule has 0 bridgehead atoms. The van der Waals surface area contributed by atoms with Crippen LogP contribution in [0, 0.1) is 0 Å². The summed E-state index contributed by atoms with van der Waals surface area (Å²) in [7, 11) is 0. The van der Waals surface area contributed by atoms with E-state index in [0.29, 0.717) is 12.5 Å². The van der Waals surface area contributed by atoms with E-state index >= 15 is 0 Å². The normalized spacial score (nSPS) is 18.8. The molecule has 58 valence electrons. The molecule has 6 heteroatoms. The van der Waals surface area contributed by atoms with Crippen molar-refractivity contribution in [2.45, 2.75) is 10.8 Å². The zero-order valence-corrected chi connectivity index (χ0v) is 7.50. The molecular formula is C4H6Cl3N3. The van der Waals surface area contributed by atoms with Gasteiger partial charge >= 0.3 is 0 Å². The highest BCUT2D eigenvalue weighted by Gasteiger charge is 2.32. The van der Waals surface area contributed by atoms with E-state index in [1.807, 2.05) is 0 Å². The lowest BCUT2D eigenvalue weighted by molar-refractivity contribution is 0.431. The first kappa shape index (κ1) is 8.24. The second-order valence-corrected chi connectivity index (χ2v) is 4.09. The van der Waals surface area contributed by atoms with Gasteiger partial charge in [0.05, 0.1) is 0 Å². The van der Waals surface area contributed by atoms with E-state index in [1.54, 1.807) is 6.92 Å². The molecule has 0 saturated heterocycles. The van der Waals surface area contributed by atoms with Crippen molar-refractivity contribution < 1.29 is 0 Å². The average Bonchev–Trinajstić information content (AvgIpc) is 2.11. The Balaban J connectivity index is 2.67. The molecule has 0 amide bonds. The largest absolute Gasteiger partial charge is 0.295 e. The van der Waals surface area contributed by atoms with E-state index < -0.39 is 3.92 Å². The molecular weight excluding hydrogens is 196 g/mol. The molecule has 0 radical (unpaired) electrons. The molecule has 10 heavy (non-hydrogen) atoms. The van der Waals surface area contributed by atoms with Gasteiger partial charge in [-0.3, -0.25) is 10.3 Å². The van der Waals surface area contributed by atoms with E-state index in [0.717, 1.165) is 0 Å². The Bertz CT molecular complexity index is 162. The van der Waals surface area contributed by atoms with Gasteiger partial charge in [-0.1, -0.05) is 34.8 Å². The van der Waals surface area contributed by atoms with Crippen LogP contribution in [-0.2, 0) is 0 Å². The van der Waals surface area contributed by atoms with E-state index in [4.69, 9.17) is 34.8 Å². The lowest BCUT2D eigenvalue weighted by Gasteiger charge is -2.24. The van der Waals surface area contributed by atoms with E-state index in [9.17, 15) is 0 Å². The minimum Gasteiger partial charge on any atom is -0.295 e. The number of hydrogen-bond donors (Lipinski definition) is 1. The van der Waals surface area contributed by atoms with Crippen LogP contribution in [0.1, 0.15) is 6.92 Å². The first-order valence-electron chi connectivity index (χ1n) is 2.63. The lowest BCUT2D eigenvalue weighted by Crippen LogP contribution is -2.38. The Morgan fingerprint density at radius 2 is 2.20 bits per heavy atom. The van der Waals surface area contributed by atoms with Gasteiger partial charge < -0.3 is 0 Å². The molecule has 0 aromatic rings. The van der Waals surface area contributed by atoms with Crippen molar-refractivity contribution in [3.8, 4) is 0 Å². The molecule has 1 aliphatic heterocycles. The van der Waals surface area contributed by atoms with E-state index in [2.05, 4.69) is 10.5 Å². The highest BCUT2D eigenvalue weighted by molar-refractivity contribution is 6.67. The Kier molecular flexibility index (Phi) is 2.18. The molecule has 0 aliphatic carbocycles. The van der Waals surface area contributed by atoms with Crippen LogP contribution < -0.4 is 5.43 Å². The molecule has 0 saturated carbocycles. The van der Waals surface area contributed by atoms with Gasteiger partial charge in [0.15, 0.2) is 0 Å². The molecule has 1 aliphatic rings. The van der Waals surface area contributed by atoms with Crippen LogP contribution in [0.4, 0.5) is 0 Å². The van der Waals surface area contributed by atoms with Crippen molar-refractivity contribution in [2.75, 3.05) is 6.67 Å². The molecule has 0 atom stereocenters. The van der Waals surface area contributed by atoms with Gasteiger partial charge in [-0.05, 0) is 6.92 Å². The van der Waals surface area contributed by atoms with Crippen LogP contribution >= 0.6 is 34.8 Å². The number of halogens is 3. The zero-order chi connectivity index (χ0) is 7.78. The molecule has 1 heterocycles. The molecule has 3 nitrogen and oxygen atoms in total. The molecule has 0 spiro atoms. The van der Waals surface area contributed by atoms with Crippen molar-refractivity contribution >= 4 is 40.6 Å². The molecule has 1 N–H and O–H groups in total. The summed E-state index contributed by atoms with van der Waals surface area (Å²) in [6.45, 7) is 2.21. The summed E-state index contributed by atoms with van der Waals surface area (Å²) >= 11 is 16.7. The number of nitrogens with one attached hydrogen (secondary N) is 1. The second kappa shape index (κ2) is 2.64. The van der Waals surface area contributed by atoms with Gasteiger partial charge in [-0.15, -0.1) is 0 Å². The zero-order valence-electron chi connectivity index (χ0n) is 5.24. The second-order valence-electron chi connectivity index (χ2n) is 1.87. The molecule has 1 rings (SSSR count). The highest BCUT2D eigenvalue weighted by Crippen LogP contribution is 2.31. The summed E-state index contributed by atoms with van der Waals surface area (Å²) in [4.78, 5) is 1.53. The predicted molar refractivity (Wildman–Crippen MR) is 43.2 cm³/mol. The summed E-state index contributed by atoms with van der Waals surface area (Å²) in [6.07, 6.45) is 0. The van der Waals surface area contributed by atoms with E-state index in [1.165, 1.54) is 4.90 Å². The fraction of sp³-hybridized carbons (Fsp3) is 0.750. The molecule has 0 aromatic heterocycles. The van der Waals surface area contributed by atoms with Gasteiger partial charge in [0.2, 0.25) is 0 Å². The number of nitrogens with zero attached hydrogens (tertiary/aromatic N) is 2. The minimum absolute atomic E-state index is 0.447. The van der Waals surface area contributed by atoms with Gasteiger partial charge in [-0.25, -0.2) is 0 Å². The first-order valence-corrected chi connectivity index (χ1v) is 3.77. The fourth-order valence-electron chi connectivity index (χ4n) is 0.668. The number of amidine groups is 1. The van der Waals surface area contributed by atoms with Gasteiger partial charge in [0.25, 0.3) is 3.92 Å². The fourth-order valence-corrected chi connectivity index (χ4v) is 1.21. The highest BCUT2D eigenvalue weighted by atomic mass is 35.6. The molecule has 0 aromatic carbocycles. The third-order valence-electron chi connectivity index (χ3n) is 1.17. The number of alkyl halides is 3. The Labute approximate surface area is 73.9 Å². The number of hydrazone groups is 1. The SMILES string of the molecule is CC1=NNCN1C(Cl)(Cl)Cl. The van der Waals surface area contributed by atoms with Crippen LogP contribution in [0.5, 0.6) is 0 Å². The van der Waals surface area contributed by atoms with Crippen LogP contribution in [0.15, 0.2) is 5.10 Å². The third-order valence-corrected chi connectivity index (χ3v) is 1.78. The lowest BCUT2D eigenvalue weighted by atomic mass is 10.6. The summed E-state index contributed by atoms with van der Waals surface area (Å²) < 4.78 is -1.39. The van der Waals surface area contributed by atoms with E-state index in [-0.39, 0.29) is 0 Å². The summed E-state index contributed by atoms with van der Waals surface area (Å²) in [5.41, 5.74) is 2.69. The Morgan fingerprint density at radius 1 is 1.60 bits per heavy atom. The standard InChI is InChI=1S/C4H6Cl3N3/c1-3-9-8-2-10(3)4(5,6)7/h8H,2H2,1H3. The predicted octanol–water partition coefficient (Wildman–Crippen LogP) is 1.51. The van der Waals surface area contributed by atoms with Crippen molar-refractivity contribution in [3.63, 3.8) is 0 Å². The monoisotopic (exact) mass is 201 g/mol. The molecule has 0 unspecified atom stereocenters.